The van der Waals surface area contributed by atoms with E-state index in [2.05, 4.69) is 15.4 Å². The molecule has 4 aromatic rings. The molecule has 1 amide bonds. The summed E-state index contributed by atoms with van der Waals surface area (Å²) < 4.78 is 21.5. The van der Waals surface area contributed by atoms with Crippen LogP contribution < -0.4 is 5.32 Å². The maximum Gasteiger partial charge on any atom is 0.357 e. The van der Waals surface area contributed by atoms with Gasteiger partial charge in [-0.25, -0.2) is 18.9 Å². The molecule has 162 valence electrons. The molecule has 1 N–H and O–H groups in total. The van der Waals surface area contributed by atoms with Crippen LogP contribution in [-0.2, 0) is 9.53 Å². The molecule has 0 unspecified atom stereocenters. The first-order chi connectivity index (χ1) is 15.4. The molecule has 2 aromatic carbocycles. The van der Waals surface area contributed by atoms with Crippen LogP contribution in [0, 0.1) is 19.7 Å². The van der Waals surface area contributed by atoms with Crippen molar-refractivity contribution in [1.29, 1.82) is 0 Å². The molecular formula is C23H20FN5O3. The normalized spacial score (nSPS) is 10.7. The quantitative estimate of drug-likeness (QED) is 0.469. The highest BCUT2D eigenvalue weighted by Crippen LogP contribution is 2.22. The van der Waals surface area contributed by atoms with E-state index in [0.29, 0.717) is 17.1 Å². The molecule has 0 aliphatic heterocycles. The van der Waals surface area contributed by atoms with E-state index in [1.807, 2.05) is 37.3 Å². The van der Waals surface area contributed by atoms with Gasteiger partial charge in [0.25, 0.3) is 5.91 Å². The number of carbonyl (C=O) groups excluding carboxylic acids is 2. The van der Waals surface area contributed by atoms with Gasteiger partial charge < -0.3 is 10.1 Å². The smallest absolute Gasteiger partial charge is 0.357 e. The SMILES string of the molecule is Cc1nn(-c2ccccc2)c(C)c1NC(=O)COC(=O)c1cncn1-c1ccc(F)cc1. The largest absolute Gasteiger partial charge is 0.451 e. The molecule has 32 heavy (non-hydrogen) atoms. The summed E-state index contributed by atoms with van der Waals surface area (Å²) in [5.74, 6) is -1.61. The Hall–Kier alpha value is -4.27. The number of nitrogens with zero attached hydrogens (tertiary/aromatic N) is 4. The summed E-state index contributed by atoms with van der Waals surface area (Å²) in [7, 11) is 0. The van der Waals surface area contributed by atoms with Gasteiger partial charge in [-0.15, -0.1) is 0 Å². The number of nitrogens with one attached hydrogen (secondary N) is 1. The fraction of sp³-hybridized carbons (Fsp3) is 0.130. The second kappa shape index (κ2) is 8.84. The van der Waals surface area contributed by atoms with Crippen LogP contribution in [0.3, 0.4) is 0 Å². The highest BCUT2D eigenvalue weighted by atomic mass is 19.1. The number of ether oxygens (including phenoxy) is 1. The van der Waals surface area contributed by atoms with Gasteiger partial charge in [0.15, 0.2) is 12.3 Å². The van der Waals surface area contributed by atoms with E-state index >= 15 is 0 Å². The Bertz CT molecular complexity index is 1260. The van der Waals surface area contributed by atoms with Gasteiger partial charge in [0, 0.05) is 5.69 Å². The highest BCUT2D eigenvalue weighted by Gasteiger charge is 2.19. The van der Waals surface area contributed by atoms with E-state index in [4.69, 9.17) is 4.74 Å². The Morgan fingerprint density at radius 2 is 1.75 bits per heavy atom. The Balaban J connectivity index is 1.42. The molecule has 0 spiro atoms. The molecule has 2 aromatic heterocycles. The number of esters is 1. The lowest BCUT2D eigenvalue weighted by Gasteiger charge is -2.09. The maximum atomic E-state index is 13.2. The number of benzene rings is 2. The van der Waals surface area contributed by atoms with Crippen molar-refractivity contribution in [3.8, 4) is 11.4 Å². The Morgan fingerprint density at radius 1 is 1.03 bits per heavy atom. The summed E-state index contributed by atoms with van der Waals surface area (Å²) in [4.78, 5) is 28.9. The minimum atomic E-state index is -0.726. The van der Waals surface area contributed by atoms with Gasteiger partial charge in [0.1, 0.15) is 5.82 Å². The average molecular weight is 433 g/mol. The predicted octanol–water partition coefficient (Wildman–Crippen LogP) is 3.61. The third-order valence-electron chi connectivity index (χ3n) is 4.84. The predicted molar refractivity (Wildman–Crippen MR) is 115 cm³/mol. The number of hydrogen-bond acceptors (Lipinski definition) is 5. The number of aromatic nitrogens is 4. The van der Waals surface area contributed by atoms with Crippen molar-refractivity contribution in [2.45, 2.75) is 13.8 Å². The van der Waals surface area contributed by atoms with E-state index in [0.717, 1.165) is 11.4 Å². The van der Waals surface area contributed by atoms with Crippen LogP contribution in [0.2, 0.25) is 0 Å². The summed E-state index contributed by atoms with van der Waals surface area (Å²) in [6.45, 7) is 3.15. The minimum absolute atomic E-state index is 0.119. The first-order valence-electron chi connectivity index (χ1n) is 9.81. The van der Waals surface area contributed by atoms with E-state index in [1.165, 1.54) is 41.4 Å². The van der Waals surface area contributed by atoms with Crippen molar-refractivity contribution in [3.63, 3.8) is 0 Å². The van der Waals surface area contributed by atoms with Gasteiger partial charge in [0.2, 0.25) is 0 Å². The third kappa shape index (κ3) is 4.27. The number of amides is 1. The first-order valence-corrected chi connectivity index (χ1v) is 9.81. The standard InChI is InChI=1S/C23H20FN5O3/c1-15-22(16(2)29(27-15)19-6-4-3-5-7-19)26-21(30)13-32-23(31)20-12-25-14-28(20)18-10-8-17(24)9-11-18/h3-12,14H,13H2,1-2H3,(H,26,30). The van der Waals surface area contributed by atoms with Crippen LogP contribution in [0.4, 0.5) is 10.1 Å². The molecule has 0 saturated carbocycles. The lowest BCUT2D eigenvalue weighted by Crippen LogP contribution is -2.22. The molecule has 0 saturated heterocycles. The van der Waals surface area contributed by atoms with E-state index in [1.54, 1.807) is 11.6 Å². The van der Waals surface area contributed by atoms with Crippen LogP contribution >= 0.6 is 0 Å². The molecule has 9 heteroatoms. The van der Waals surface area contributed by atoms with Crippen molar-refractivity contribution in [3.05, 3.63) is 90.0 Å². The van der Waals surface area contributed by atoms with Crippen LogP contribution in [0.15, 0.2) is 67.1 Å². The first kappa shape index (κ1) is 21.0. The monoisotopic (exact) mass is 433 g/mol. The van der Waals surface area contributed by atoms with Crippen molar-refractivity contribution >= 4 is 17.6 Å². The topological polar surface area (TPSA) is 91.0 Å². The molecular weight excluding hydrogens is 413 g/mol. The number of rotatable bonds is 6. The third-order valence-corrected chi connectivity index (χ3v) is 4.84. The van der Waals surface area contributed by atoms with Gasteiger partial charge in [-0.3, -0.25) is 9.36 Å². The lowest BCUT2D eigenvalue weighted by molar-refractivity contribution is -0.119. The van der Waals surface area contributed by atoms with Gasteiger partial charge in [-0.2, -0.15) is 5.10 Å². The molecule has 2 heterocycles. The second-order valence-corrected chi connectivity index (χ2v) is 7.04. The number of carbonyl (C=O) groups is 2. The summed E-state index contributed by atoms with van der Waals surface area (Å²) in [6, 6.07) is 15.1. The van der Waals surface area contributed by atoms with Gasteiger partial charge in [0.05, 0.1) is 35.3 Å². The fourth-order valence-electron chi connectivity index (χ4n) is 3.28. The van der Waals surface area contributed by atoms with Crippen LogP contribution in [0.1, 0.15) is 21.9 Å². The van der Waals surface area contributed by atoms with E-state index in [9.17, 15) is 14.0 Å². The fourth-order valence-corrected chi connectivity index (χ4v) is 3.28. The maximum absolute atomic E-state index is 13.2. The molecule has 0 radical (unpaired) electrons. The van der Waals surface area contributed by atoms with Crippen molar-refractivity contribution in [1.82, 2.24) is 19.3 Å². The zero-order chi connectivity index (χ0) is 22.7. The number of hydrogen-bond donors (Lipinski definition) is 1. The van der Waals surface area contributed by atoms with E-state index in [-0.39, 0.29) is 5.69 Å². The van der Waals surface area contributed by atoms with Gasteiger partial charge in [-0.1, -0.05) is 18.2 Å². The van der Waals surface area contributed by atoms with Crippen molar-refractivity contribution in [2.24, 2.45) is 0 Å². The zero-order valence-electron chi connectivity index (χ0n) is 17.4. The number of imidazole rings is 1. The summed E-state index contributed by atoms with van der Waals surface area (Å²) in [5.41, 5.74) is 3.48. The summed E-state index contributed by atoms with van der Waals surface area (Å²) in [5, 5.41) is 7.23. The van der Waals surface area contributed by atoms with Crippen LogP contribution in [0.25, 0.3) is 11.4 Å². The molecule has 0 aliphatic rings. The van der Waals surface area contributed by atoms with Gasteiger partial charge >= 0.3 is 5.97 Å². The molecule has 4 rings (SSSR count). The number of halogens is 1. The van der Waals surface area contributed by atoms with Gasteiger partial charge in [-0.05, 0) is 50.2 Å². The average Bonchev–Trinajstić information content (AvgIpc) is 3.39. The Kier molecular flexibility index (Phi) is 5.80. The summed E-state index contributed by atoms with van der Waals surface area (Å²) in [6.07, 6.45) is 2.73. The highest BCUT2D eigenvalue weighted by molar-refractivity contribution is 5.95. The Morgan fingerprint density at radius 3 is 2.47 bits per heavy atom. The number of aryl methyl sites for hydroxylation is 1. The number of para-hydroxylation sites is 1. The summed E-state index contributed by atoms with van der Waals surface area (Å²) >= 11 is 0. The van der Waals surface area contributed by atoms with Crippen LogP contribution in [-0.4, -0.2) is 37.8 Å². The molecule has 8 nitrogen and oxygen atoms in total. The number of anilines is 1. The minimum Gasteiger partial charge on any atom is -0.451 e. The van der Waals surface area contributed by atoms with Crippen molar-refractivity contribution < 1.29 is 18.7 Å². The zero-order valence-corrected chi connectivity index (χ0v) is 17.4. The Labute approximate surface area is 183 Å². The molecule has 0 atom stereocenters. The second-order valence-electron chi connectivity index (χ2n) is 7.04. The molecule has 0 fully saturated rings. The lowest BCUT2D eigenvalue weighted by atomic mass is 10.3. The molecule has 0 aliphatic carbocycles. The van der Waals surface area contributed by atoms with E-state index < -0.39 is 24.3 Å². The van der Waals surface area contributed by atoms with Crippen LogP contribution in [0.5, 0.6) is 0 Å². The molecule has 0 bridgehead atoms. The van der Waals surface area contributed by atoms with Crippen molar-refractivity contribution in [2.75, 3.05) is 11.9 Å².